The lowest BCUT2D eigenvalue weighted by molar-refractivity contribution is 0.102. The first-order valence-electron chi connectivity index (χ1n) is 5.61. The van der Waals surface area contributed by atoms with Crippen LogP contribution in [-0.2, 0) is 6.54 Å². The van der Waals surface area contributed by atoms with Crippen molar-refractivity contribution in [2.75, 3.05) is 5.32 Å². The van der Waals surface area contributed by atoms with E-state index in [1.807, 2.05) is 6.92 Å². The maximum atomic E-state index is 11.8. The van der Waals surface area contributed by atoms with Crippen molar-refractivity contribution < 1.29 is 4.79 Å². The SMILES string of the molecule is CCCn1cc(NC(=O)c2nnc(Cl)s2)ccc1=O. The zero-order valence-corrected chi connectivity index (χ0v) is 11.7. The number of nitrogens with one attached hydrogen (secondary N) is 1. The molecule has 0 radical (unpaired) electrons. The highest BCUT2D eigenvalue weighted by Crippen LogP contribution is 2.16. The molecular formula is C11H11ClN4O2S. The van der Waals surface area contributed by atoms with Gasteiger partial charge in [0.1, 0.15) is 0 Å². The Morgan fingerprint density at radius 3 is 2.89 bits per heavy atom. The molecule has 19 heavy (non-hydrogen) atoms. The van der Waals surface area contributed by atoms with Crippen molar-refractivity contribution in [3.05, 3.63) is 38.2 Å². The van der Waals surface area contributed by atoms with Crippen LogP contribution in [0, 0.1) is 0 Å². The van der Waals surface area contributed by atoms with Gasteiger partial charge in [-0.1, -0.05) is 18.3 Å². The van der Waals surface area contributed by atoms with E-state index in [0.29, 0.717) is 12.2 Å². The number of pyridine rings is 1. The van der Waals surface area contributed by atoms with Crippen LogP contribution in [0.15, 0.2) is 23.1 Å². The number of hydrogen-bond acceptors (Lipinski definition) is 5. The van der Waals surface area contributed by atoms with Gasteiger partial charge >= 0.3 is 0 Å². The zero-order valence-electron chi connectivity index (χ0n) is 10.1. The summed E-state index contributed by atoms with van der Waals surface area (Å²) in [5.41, 5.74) is 0.434. The van der Waals surface area contributed by atoms with Crippen LogP contribution in [0.3, 0.4) is 0 Å². The average Bonchev–Trinajstić information content (AvgIpc) is 2.80. The molecule has 0 saturated carbocycles. The summed E-state index contributed by atoms with van der Waals surface area (Å²) in [6.45, 7) is 2.58. The summed E-state index contributed by atoms with van der Waals surface area (Å²) in [5.74, 6) is -0.397. The molecule has 0 unspecified atom stereocenters. The van der Waals surface area contributed by atoms with Gasteiger partial charge in [0.05, 0.1) is 5.69 Å². The Bertz CT molecular complexity index is 652. The minimum atomic E-state index is -0.397. The van der Waals surface area contributed by atoms with Crippen molar-refractivity contribution in [3.8, 4) is 0 Å². The van der Waals surface area contributed by atoms with Gasteiger partial charge in [0.2, 0.25) is 9.47 Å². The number of carbonyl (C=O) groups excluding carboxylic acids is 1. The lowest BCUT2D eigenvalue weighted by Crippen LogP contribution is -2.20. The van der Waals surface area contributed by atoms with Crippen LogP contribution in [0.2, 0.25) is 4.47 Å². The lowest BCUT2D eigenvalue weighted by Gasteiger charge is -2.07. The van der Waals surface area contributed by atoms with Crippen molar-refractivity contribution >= 4 is 34.5 Å². The van der Waals surface area contributed by atoms with Crippen molar-refractivity contribution in [1.82, 2.24) is 14.8 Å². The summed E-state index contributed by atoms with van der Waals surface area (Å²) in [6, 6.07) is 2.97. The fourth-order valence-electron chi connectivity index (χ4n) is 1.50. The molecule has 8 heteroatoms. The summed E-state index contributed by atoms with van der Waals surface area (Å²) < 4.78 is 1.75. The molecule has 0 spiro atoms. The standard InChI is InChI=1S/C11H11ClN4O2S/c1-2-5-16-6-7(3-4-8(16)17)13-9(18)10-14-15-11(12)19-10/h3-4,6H,2,5H2,1H3,(H,13,18). The van der Waals surface area contributed by atoms with Crippen LogP contribution >= 0.6 is 22.9 Å². The Balaban J connectivity index is 2.17. The summed E-state index contributed by atoms with van der Waals surface area (Å²) in [6.07, 6.45) is 2.44. The predicted octanol–water partition coefficient (Wildman–Crippen LogP) is 2.02. The molecule has 1 N–H and O–H groups in total. The third-order valence-corrected chi connectivity index (χ3v) is 3.32. The maximum absolute atomic E-state index is 11.8. The average molecular weight is 299 g/mol. The molecule has 0 aromatic carbocycles. The molecule has 1 amide bonds. The van der Waals surface area contributed by atoms with Crippen molar-refractivity contribution in [1.29, 1.82) is 0 Å². The number of carbonyl (C=O) groups is 1. The molecule has 2 aromatic rings. The van der Waals surface area contributed by atoms with E-state index in [2.05, 4.69) is 15.5 Å². The highest BCUT2D eigenvalue weighted by molar-refractivity contribution is 7.17. The van der Waals surface area contributed by atoms with Gasteiger partial charge in [-0.05, 0) is 24.1 Å². The number of rotatable bonds is 4. The van der Waals surface area contributed by atoms with Crippen molar-refractivity contribution in [2.45, 2.75) is 19.9 Å². The second-order valence-electron chi connectivity index (χ2n) is 3.76. The minimum absolute atomic E-state index is 0.0983. The van der Waals surface area contributed by atoms with E-state index in [0.717, 1.165) is 17.8 Å². The van der Waals surface area contributed by atoms with Crippen LogP contribution in [0.4, 0.5) is 5.69 Å². The van der Waals surface area contributed by atoms with Gasteiger partial charge in [-0.2, -0.15) is 0 Å². The van der Waals surface area contributed by atoms with E-state index in [-0.39, 0.29) is 15.0 Å². The van der Waals surface area contributed by atoms with Crippen LogP contribution in [0.5, 0.6) is 0 Å². The number of aromatic nitrogens is 3. The second kappa shape index (κ2) is 5.94. The molecule has 0 aliphatic carbocycles. The van der Waals surface area contributed by atoms with E-state index < -0.39 is 5.91 Å². The summed E-state index contributed by atoms with van der Waals surface area (Å²) >= 11 is 6.61. The predicted molar refractivity (Wildman–Crippen MR) is 73.9 cm³/mol. The number of nitrogens with zero attached hydrogens (tertiary/aromatic N) is 3. The molecule has 0 saturated heterocycles. The summed E-state index contributed by atoms with van der Waals surface area (Å²) in [5, 5.41) is 10.0. The quantitative estimate of drug-likeness (QED) is 0.937. The largest absolute Gasteiger partial charge is 0.319 e. The summed E-state index contributed by atoms with van der Waals surface area (Å²) in [7, 11) is 0. The van der Waals surface area contributed by atoms with Crippen LogP contribution in [0.25, 0.3) is 0 Å². The number of aryl methyl sites for hydroxylation is 1. The molecule has 2 rings (SSSR count). The fourth-order valence-corrected chi connectivity index (χ4v) is 2.23. The van der Waals surface area contributed by atoms with Crippen LogP contribution in [-0.4, -0.2) is 20.7 Å². The normalized spacial score (nSPS) is 10.4. The van der Waals surface area contributed by atoms with Crippen molar-refractivity contribution in [3.63, 3.8) is 0 Å². The van der Waals surface area contributed by atoms with Gasteiger partial charge < -0.3 is 9.88 Å². The monoisotopic (exact) mass is 298 g/mol. The van der Waals surface area contributed by atoms with Gasteiger partial charge in [0.25, 0.3) is 11.5 Å². The van der Waals surface area contributed by atoms with E-state index in [9.17, 15) is 9.59 Å². The first-order valence-corrected chi connectivity index (χ1v) is 6.80. The zero-order chi connectivity index (χ0) is 13.8. The minimum Gasteiger partial charge on any atom is -0.319 e. The first kappa shape index (κ1) is 13.7. The molecule has 2 aromatic heterocycles. The van der Waals surface area contributed by atoms with E-state index in [1.165, 1.54) is 6.07 Å². The van der Waals surface area contributed by atoms with Gasteiger partial charge in [0, 0.05) is 18.8 Å². The number of halogens is 1. The summed E-state index contributed by atoms with van der Waals surface area (Å²) in [4.78, 5) is 23.4. The molecule has 0 aliphatic heterocycles. The number of amides is 1. The molecular weight excluding hydrogens is 288 g/mol. The molecule has 6 nitrogen and oxygen atoms in total. The highest BCUT2D eigenvalue weighted by atomic mass is 35.5. The Kier molecular flexibility index (Phi) is 4.28. The Morgan fingerprint density at radius 2 is 2.26 bits per heavy atom. The van der Waals surface area contributed by atoms with E-state index >= 15 is 0 Å². The number of hydrogen-bond donors (Lipinski definition) is 1. The van der Waals surface area contributed by atoms with Gasteiger partial charge in [0.15, 0.2) is 0 Å². The Hall–Kier alpha value is -1.73. The molecule has 0 aliphatic rings. The van der Waals surface area contributed by atoms with Gasteiger partial charge in [-0.3, -0.25) is 9.59 Å². The van der Waals surface area contributed by atoms with Crippen LogP contribution < -0.4 is 10.9 Å². The molecule has 0 bridgehead atoms. The number of anilines is 1. The highest BCUT2D eigenvalue weighted by Gasteiger charge is 2.12. The fraction of sp³-hybridized carbons (Fsp3) is 0.273. The first-order chi connectivity index (χ1) is 9.10. The Morgan fingerprint density at radius 1 is 1.47 bits per heavy atom. The van der Waals surface area contributed by atoms with Gasteiger partial charge in [-0.25, -0.2) is 0 Å². The maximum Gasteiger partial charge on any atom is 0.286 e. The third-order valence-electron chi connectivity index (χ3n) is 2.30. The molecule has 2 heterocycles. The van der Waals surface area contributed by atoms with Crippen molar-refractivity contribution in [2.24, 2.45) is 0 Å². The van der Waals surface area contributed by atoms with E-state index in [4.69, 9.17) is 11.6 Å². The van der Waals surface area contributed by atoms with Crippen LogP contribution in [0.1, 0.15) is 23.1 Å². The lowest BCUT2D eigenvalue weighted by atomic mass is 10.3. The van der Waals surface area contributed by atoms with Gasteiger partial charge in [-0.15, -0.1) is 10.2 Å². The third kappa shape index (κ3) is 3.39. The smallest absolute Gasteiger partial charge is 0.286 e. The molecule has 0 fully saturated rings. The molecule has 100 valence electrons. The van der Waals surface area contributed by atoms with E-state index in [1.54, 1.807) is 16.8 Å². The Labute approximate surface area is 118 Å². The molecule has 0 atom stereocenters. The second-order valence-corrected chi connectivity index (χ2v) is 5.32. The topological polar surface area (TPSA) is 76.9 Å².